The van der Waals surface area contributed by atoms with Gasteiger partial charge < -0.3 is 20.3 Å². The Bertz CT molecular complexity index is 301. The molecule has 0 amide bonds. The molecular formula is C10H15NO3. The minimum atomic E-state index is -0.380. The minimum Gasteiger partial charge on any atom is -0.493 e. The van der Waals surface area contributed by atoms with Crippen LogP contribution in [0.3, 0.4) is 0 Å². The summed E-state index contributed by atoms with van der Waals surface area (Å²) in [6.07, 6.45) is 0. The van der Waals surface area contributed by atoms with Gasteiger partial charge in [0.15, 0.2) is 11.5 Å². The molecule has 1 aromatic rings. The normalized spacial score (nSPS) is 12.3. The van der Waals surface area contributed by atoms with Gasteiger partial charge in [0.25, 0.3) is 0 Å². The van der Waals surface area contributed by atoms with Crippen LogP contribution < -0.4 is 15.2 Å². The van der Waals surface area contributed by atoms with Crippen molar-refractivity contribution in [1.82, 2.24) is 0 Å². The van der Waals surface area contributed by atoms with Gasteiger partial charge in [0.05, 0.1) is 26.9 Å². The van der Waals surface area contributed by atoms with E-state index in [1.165, 1.54) is 0 Å². The monoisotopic (exact) mass is 197 g/mol. The van der Waals surface area contributed by atoms with E-state index < -0.39 is 0 Å². The van der Waals surface area contributed by atoms with Crippen LogP contribution >= 0.6 is 0 Å². The Morgan fingerprint density at radius 2 is 1.93 bits per heavy atom. The van der Waals surface area contributed by atoms with Gasteiger partial charge in [-0.1, -0.05) is 6.07 Å². The molecule has 4 heteroatoms. The van der Waals surface area contributed by atoms with E-state index in [0.717, 1.165) is 5.56 Å². The first-order chi connectivity index (χ1) is 6.72. The smallest absolute Gasteiger partial charge is 0.161 e. The van der Waals surface area contributed by atoms with Gasteiger partial charge in [0.2, 0.25) is 0 Å². The molecule has 0 saturated carbocycles. The lowest BCUT2D eigenvalue weighted by atomic mass is 10.1. The van der Waals surface area contributed by atoms with Crippen molar-refractivity contribution in [1.29, 1.82) is 0 Å². The quantitative estimate of drug-likeness (QED) is 0.745. The van der Waals surface area contributed by atoms with Gasteiger partial charge >= 0.3 is 0 Å². The zero-order valence-electron chi connectivity index (χ0n) is 8.36. The molecule has 1 rings (SSSR count). The number of rotatable bonds is 4. The maximum atomic E-state index is 8.88. The van der Waals surface area contributed by atoms with E-state index >= 15 is 0 Å². The van der Waals surface area contributed by atoms with E-state index in [4.69, 9.17) is 20.3 Å². The number of aliphatic hydroxyl groups is 1. The summed E-state index contributed by atoms with van der Waals surface area (Å²) in [6.45, 7) is -0.0878. The van der Waals surface area contributed by atoms with E-state index in [0.29, 0.717) is 11.5 Å². The fourth-order valence-corrected chi connectivity index (χ4v) is 1.19. The van der Waals surface area contributed by atoms with Crippen LogP contribution in [0.4, 0.5) is 0 Å². The second-order valence-corrected chi connectivity index (χ2v) is 2.90. The number of aliphatic hydroxyl groups excluding tert-OH is 1. The van der Waals surface area contributed by atoms with Crippen molar-refractivity contribution in [3.05, 3.63) is 23.8 Å². The number of hydrogen-bond acceptors (Lipinski definition) is 4. The molecule has 0 saturated heterocycles. The van der Waals surface area contributed by atoms with Crippen LogP contribution in [0.1, 0.15) is 11.6 Å². The Balaban J connectivity index is 3.01. The van der Waals surface area contributed by atoms with Crippen LogP contribution in [0.2, 0.25) is 0 Å². The highest BCUT2D eigenvalue weighted by Crippen LogP contribution is 2.29. The Labute approximate surface area is 83.3 Å². The summed E-state index contributed by atoms with van der Waals surface area (Å²) in [6, 6.07) is 4.96. The highest BCUT2D eigenvalue weighted by atomic mass is 16.5. The topological polar surface area (TPSA) is 64.7 Å². The first-order valence-corrected chi connectivity index (χ1v) is 4.31. The average Bonchev–Trinajstić information content (AvgIpc) is 2.26. The first kappa shape index (κ1) is 10.8. The number of hydrogen-bond donors (Lipinski definition) is 2. The number of benzene rings is 1. The van der Waals surface area contributed by atoms with Crippen molar-refractivity contribution >= 4 is 0 Å². The van der Waals surface area contributed by atoms with Crippen LogP contribution in [0.15, 0.2) is 18.2 Å². The summed E-state index contributed by atoms with van der Waals surface area (Å²) in [4.78, 5) is 0. The van der Waals surface area contributed by atoms with Crippen LogP contribution in [0, 0.1) is 0 Å². The van der Waals surface area contributed by atoms with Gasteiger partial charge in [0.1, 0.15) is 0 Å². The summed E-state index contributed by atoms with van der Waals surface area (Å²) in [7, 11) is 3.13. The summed E-state index contributed by atoms with van der Waals surface area (Å²) in [5, 5.41) is 8.88. The van der Waals surface area contributed by atoms with Crippen LogP contribution in [-0.2, 0) is 0 Å². The summed E-state index contributed by atoms with van der Waals surface area (Å²) < 4.78 is 10.2. The lowest BCUT2D eigenvalue weighted by molar-refractivity contribution is 0.267. The third-order valence-electron chi connectivity index (χ3n) is 2.03. The zero-order chi connectivity index (χ0) is 10.6. The van der Waals surface area contributed by atoms with E-state index in [2.05, 4.69) is 0 Å². The van der Waals surface area contributed by atoms with Crippen LogP contribution in [0.5, 0.6) is 11.5 Å². The SMILES string of the molecule is COc1ccc(C(N)CO)cc1OC. The Morgan fingerprint density at radius 1 is 1.29 bits per heavy atom. The Kier molecular flexibility index (Phi) is 3.73. The van der Waals surface area contributed by atoms with E-state index in [9.17, 15) is 0 Å². The second kappa shape index (κ2) is 4.83. The van der Waals surface area contributed by atoms with Gasteiger partial charge in [-0.3, -0.25) is 0 Å². The summed E-state index contributed by atoms with van der Waals surface area (Å²) >= 11 is 0. The summed E-state index contributed by atoms with van der Waals surface area (Å²) in [5.74, 6) is 1.27. The van der Waals surface area contributed by atoms with E-state index in [1.807, 2.05) is 6.07 Å². The van der Waals surface area contributed by atoms with Crippen molar-refractivity contribution in [2.75, 3.05) is 20.8 Å². The number of ether oxygens (including phenoxy) is 2. The minimum absolute atomic E-state index is 0.0878. The highest BCUT2D eigenvalue weighted by Gasteiger charge is 2.09. The van der Waals surface area contributed by atoms with Gasteiger partial charge in [-0.05, 0) is 17.7 Å². The number of nitrogens with two attached hydrogens (primary N) is 1. The van der Waals surface area contributed by atoms with E-state index in [-0.39, 0.29) is 12.6 Å². The molecule has 0 fully saturated rings. The highest BCUT2D eigenvalue weighted by molar-refractivity contribution is 5.43. The molecule has 0 spiro atoms. The molecule has 1 atom stereocenters. The van der Waals surface area contributed by atoms with Crippen molar-refractivity contribution in [2.24, 2.45) is 5.73 Å². The maximum Gasteiger partial charge on any atom is 0.161 e. The molecule has 1 unspecified atom stereocenters. The third-order valence-corrected chi connectivity index (χ3v) is 2.03. The van der Waals surface area contributed by atoms with Crippen LogP contribution in [0.25, 0.3) is 0 Å². The lowest BCUT2D eigenvalue weighted by Gasteiger charge is -2.12. The second-order valence-electron chi connectivity index (χ2n) is 2.90. The van der Waals surface area contributed by atoms with Gasteiger partial charge in [-0.25, -0.2) is 0 Å². The molecule has 0 bridgehead atoms. The molecule has 0 heterocycles. The average molecular weight is 197 g/mol. The predicted octanol–water partition coefficient (Wildman–Crippen LogP) is 0.696. The third kappa shape index (κ3) is 2.16. The van der Waals surface area contributed by atoms with Crippen molar-refractivity contribution in [3.8, 4) is 11.5 Å². The van der Waals surface area contributed by atoms with Crippen molar-refractivity contribution < 1.29 is 14.6 Å². The van der Waals surface area contributed by atoms with E-state index in [1.54, 1.807) is 26.4 Å². The fourth-order valence-electron chi connectivity index (χ4n) is 1.19. The Morgan fingerprint density at radius 3 is 2.43 bits per heavy atom. The molecule has 14 heavy (non-hydrogen) atoms. The molecule has 0 aliphatic carbocycles. The molecule has 4 nitrogen and oxygen atoms in total. The molecule has 3 N–H and O–H groups in total. The molecule has 0 aliphatic heterocycles. The first-order valence-electron chi connectivity index (χ1n) is 4.31. The summed E-state index contributed by atoms with van der Waals surface area (Å²) in [5.41, 5.74) is 6.49. The van der Waals surface area contributed by atoms with Crippen molar-refractivity contribution in [2.45, 2.75) is 6.04 Å². The Hall–Kier alpha value is -1.26. The molecule has 0 aliphatic rings. The molecule has 1 aromatic carbocycles. The van der Waals surface area contributed by atoms with Crippen LogP contribution in [-0.4, -0.2) is 25.9 Å². The largest absolute Gasteiger partial charge is 0.493 e. The number of methoxy groups -OCH3 is 2. The molecular weight excluding hydrogens is 182 g/mol. The fraction of sp³-hybridized carbons (Fsp3) is 0.400. The maximum absolute atomic E-state index is 8.88. The van der Waals surface area contributed by atoms with Gasteiger partial charge in [-0.2, -0.15) is 0 Å². The lowest BCUT2D eigenvalue weighted by Crippen LogP contribution is -2.14. The molecule has 0 radical (unpaired) electrons. The predicted molar refractivity (Wildman–Crippen MR) is 53.6 cm³/mol. The standard InChI is InChI=1S/C10H15NO3/c1-13-9-4-3-7(8(11)6-12)5-10(9)14-2/h3-5,8,12H,6,11H2,1-2H3. The van der Waals surface area contributed by atoms with Gasteiger partial charge in [0, 0.05) is 0 Å². The van der Waals surface area contributed by atoms with Gasteiger partial charge in [-0.15, -0.1) is 0 Å². The molecule has 78 valence electrons. The molecule has 0 aromatic heterocycles. The zero-order valence-corrected chi connectivity index (χ0v) is 8.36. The van der Waals surface area contributed by atoms with Crippen molar-refractivity contribution in [3.63, 3.8) is 0 Å².